The molecule has 0 radical (unpaired) electrons. The van der Waals surface area contributed by atoms with Gasteiger partial charge in [-0.05, 0) is 31.9 Å². The summed E-state index contributed by atoms with van der Waals surface area (Å²) in [6, 6.07) is -0.525. The van der Waals surface area contributed by atoms with Crippen LogP contribution in [0.25, 0.3) is 0 Å². The van der Waals surface area contributed by atoms with E-state index in [2.05, 4.69) is 5.32 Å². The van der Waals surface area contributed by atoms with Gasteiger partial charge in [-0.2, -0.15) is 11.8 Å². The van der Waals surface area contributed by atoms with Gasteiger partial charge in [0, 0.05) is 11.3 Å². The monoisotopic (exact) mass is 310 g/mol. The van der Waals surface area contributed by atoms with E-state index in [0.29, 0.717) is 19.4 Å². The molecular formula is C15H22N2O3S. The third-order valence-corrected chi connectivity index (χ3v) is 6.81. The lowest BCUT2D eigenvalue weighted by atomic mass is 9.82. The van der Waals surface area contributed by atoms with Crippen molar-refractivity contribution in [2.75, 3.05) is 12.8 Å². The zero-order valence-electron chi connectivity index (χ0n) is 12.4. The molecule has 3 rings (SSSR count). The average Bonchev–Trinajstić information content (AvgIpc) is 3.13. The number of amides is 4. The summed E-state index contributed by atoms with van der Waals surface area (Å²) >= 11 is 1.75. The summed E-state index contributed by atoms with van der Waals surface area (Å²) in [5, 5.41) is 2.43. The molecule has 1 N–H and O–H groups in total. The van der Waals surface area contributed by atoms with E-state index in [9.17, 15) is 14.4 Å². The topological polar surface area (TPSA) is 66.5 Å². The number of nitrogens with zero attached hydrogens (tertiary/aromatic N) is 1. The third kappa shape index (κ3) is 2.28. The summed E-state index contributed by atoms with van der Waals surface area (Å²) in [6.45, 7) is 0.438. The van der Waals surface area contributed by atoms with Crippen molar-refractivity contribution in [3.63, 3.8) is 0 Å². The van der Waals surface area contributed by atoms with Crippen molar-refractivity contribution in [2.24, 2.45) is 5.41 Å². The Morgan fingerprint density at radius 3 is 2.19 bits per heavy atom. The number of rotatable bonds is 3. The summed E-state index contributed by atoms with van der Waals surface area (Å²) < 4.78 is -0.0207. The van der Waals surface area contributed by atoms with E-state index in [1.165, 1.54) is 4.90 Å². The predicted octanol–water partition coefficient (Wildman–Crippen LogP) is 2.30. The molecular weight excluding hydrogens is 288 g/mol. The molecule has 116 valence electrons. The van der Waals surface area contributed by atoms with Gasteiger partial charge in [0.2, 0.25) is 11.8 Å². The number of nitrogens with one attached hydrogen (secondary N) is 1. The molecule has 0 bridgehead atoms. The van der Waals surface area contributed by atoms with E-state index in [0.717, 1.165) is 38.5 Å². The van der Waals surface area contributed by atoms with Gasteiger partial charge in [0.05, 0.1) is 0 Å². The highest BCUT2D eigenvalue weighted by molar-refractivity contribution is 8.00. The maximum atomic E-state index is 12.9. The van der Waals surface area contributed by atoms with Crippen LogP contribution >= 0.6 is 11.8 Å². The third-order valence-electron chi connectivity index (χ3n) is 5.41. The molecule has 1 heterocycles. The summed E-state index contributed by atoms with van der Waals surface area (Å²) in [7, 11) is 0. The molecule has 21 heavy (non-hydrogen) atoms. The van der Waals surface area contributed by atoms with Crippen LogP contribution in [0.2, 0.25) is 0 Å². The van der Waals surface area contributed by atoms with Gasteiger partial charge >= 0.3 is 6.03 Å². The lowest BCUT2D eigenvalue weighted by Gasteiger charge is -2.40. The standard InChI is InChI=1S/C15H22N2O3S/c1-21-14(6-2-3-7-14)10-17-12(19)15(8-4-5-9-15)11(18)16-13(17)20/h2-10H2,1H3,(H,16,18,20). The smallest absolute Gasteiger partial charge is 0.277 e. The second-order valence-electron chi connectivity index (χ2n) is 6.53. The second-order valence-corrected chi connectivity index (χ2v) is 7.81. The lowest BCUT2D eigenvalue weighted by Crippen LogP contribution is -2.64. The molecule has 0 unspecified atom stereocenters. The van der Waals surface area contributed by atoms with Crippen LogP contribution in [-0.4, -0.2) is 40.3 Å². The zero-order chi connectivity index (χ0) is 15.1. The largest absolute Gasteiger partial charge is 0.330 e. The Morgan fingerprint density at radius 2 is 1.62 bits per heavy atom. The molecule has 1 saturated heterocycles. The number of carbonyl (C=O) groups is 3. The van der Waals surface area contributed by atoms with Gasteiger partial charge in [0.1, 0.15) is 5.41 Å². The summed E-state index contributed by atoms with van der Waals surface area (Å²) in [6.07, 6.45) is 9.33. The first-order valence-electron chi connectivity index (χ1n) is 7.76. The van der Waals surface area contributed by atoms with E-state index in [1.54, 1.807) is 11.8 Å². The fourth-order valence-electron chi connectivity index (χ4n) is 4.03. The number of carbonyl (C=O) groups excluding carboxylic acids is 3. The van der Waals surface area contributed by atoms with Gasteiger partial charge in [0.15, 0.2) is 0 Å². The average molecular weight is 310 g/mol. The molecule has 3 fully saturated rings. The molecule has 0 atom stereocenters. The summed E-state index contributed by atoms with van der Waals surface area (Å²) in [5.74, 6) is -0.634. The van der Waals surface area contributed by atoms with Gasteiger partial charge in [-0.3, -0.25) is 19.8 Å². The van der Waals surface area contributed by atoms with E-state index < -0.39 is 11.4 Å². The first kappa shape index (κ1) is 14.9. The number of barbiturate groups is 1. The number of hydrogen-bond donors (Lipinski definition) is 1. The van der Waals surface area contributed by atoms with Crippen molar-refractivity contribution in [1.82, 2.24) is 10.2 Å². The van der Waals surface area contributed by atoms with E-state index in [-0.39, 0.29) is 16.6 Å². The van der Waals surface area contributed by atoms with Crippen LogP contribution in [0.3, 0.4) is 0 Å². The first-order valence-corrected chi connectivity index (χ1v) is 8.98. The maximum absolute atomic E-state index is 12.9. The van der Waals surface area contributed by atoms with Crippen LogP contribution in [0.1, 0.15) is 51.4 Å². The number of urea groups is 1. The molecule has 2 saturated carbocycles. The van der Waals surface area contributed by atoms with Crippen LogP contribution in [0.4, 0.5) is 4.79 Å². The molecule has 4 amide bonds. The molecule has 2 aliphatic carbocycles. The number of hydrogen-bond acceptors (Lipinski definition) is 4. The maximum Gasteiger partial charge on any atom is 0.330 e. The van der Waals surface area contributed by atoms with Gasteiger partial charge in [-0.15, -0.1) is 0 Å². The number of imide groups is 2. The quantitative estimate of drug-likeness (QED) is 0.812. The molecule has 1 spiro atoms. The minimum absolute atomic E-state index is 0.0207. The Balaban J connectivity index is 1.85. The highest BCUT2D eigenvalue weighted by Gasteiger charge is 2.56. The van der Waals surface area contributed by atoms with Crippen LogP contribution in [0, 0.1) is 5.41 Å². The van der Waals surface area contributed by atoms with Crippen LogP contribution in [0.15, 0.2) is 0 Å². The van der Waals surface area contributed by atoms with Crippen molar-refractivity contribution in [3.05, 3.63) is 0 Å². The molecule has 6 heteroatoms. The van der Waals surface area contributed by atoms with Crippen molar-refractivity contribution < 1.29 is 14.4 Å². The summed E-state index contributed by atoms with van der Waals surface area (Å²) in [5.41, 5.74) is -0.966. The van der Waals surface area contributed by atoms with Crippen molar-refractivity contribution in [3.8, 4) is 0 Å². The SMILES string of the molecule is CSC1(CN2C(=O)NC(=O)C3(CCCC3)C2=O)CCCC1. The molecule has 3 aliphatic rings. The van der Waals surface area contributed by atoms with Crippen molar-refractivity contribution in [1.29, 1.82) is 0 Å². The van der Waals surface area contributed by atoms with Crippen LogP contribution in [0.5, 0.6) is 0 Å². The fourth-order valence-corrected chi connectivity index (χ4v) is 4.98. The van der Waals surface area contributed by atoms with Gasteiger partial charge in [0.25, 0.3) is 0 Å². The highest BCUT2D eigenvalue weighted by atomic mass is 32.2. The van der Waals surface area contributed by atoms with E-state index in [1.807, 2.05) is 6.26 Å². The lowest BCUT2D eigenvalue weighted by molar-refractivity contribution is -0.151. The van der Waals surface area contributed by atoms with E-state index in [4.69, 9.17) is 0 Å². The zero-order valence-corrected chi connectivity index (χ0v) is 13.3. The molecule has 0 aromatic carbocycles. The first-order chi connectivity index (χ1) is 10.0. The highest BCUT2D eigenvalue weighted by Crippen LogP contribution is 2.45. The van der Waals surface area contributed by atoms with Crippen molar-refractivity contribution in [2.45, 2.75) is 56.1 Å². The Hall–Kier alpha value is -1.04. The number of thioether (sulfide) groups is 1. The predicted molar refractivity (Wildman–Crippen MR) is 80.9 cm³/mol. The Bertz CT molecular complexity index is 479. The van der Waals surface area contributed by atoms with Gasteiger partial charge in [-0.25, -0.2) is 4.79 Å². The van der Waals surface area contributed by atoms with Crippen LogP contribution < -0.4 is 5.32 Å². The van der Waals surface area contributed by atoms with Gasteiger partial charge in [-0.1, -0.05) is 25.7 Å². The molecule has 0 aromatic heterocycles. The van der Waals surface area contributed by atoms with Gasteiger partial charge < -0.3 is 0 Å². The molecule has 1 aliphatic heterocycles. The van der Waals surface area contributed by atoms with Crippen LogP contribution in [-0.2, 0) is 9.59 Å². The summed E-state index contributed by atoms with van der Waals surface area (Å²) in [4.78, 5) is 38.5. The molecule has 5 nitrogen and oxygen atoms in total. The molecule has 0 aromatic rings. The minimum atomic E-state index is -0.966. The normalized spacial score (nSPS) is 27.5. The second kappa shape index (κ2) is 5.30. The van der Waals surface area contributed by atoms with E-state index >= 15 is 0 Å². The Morgan fingerprint density at radius 1 is 1.05 bits per heavy atom. The Labute approximate surface area is 129 Å². The Kier molecular flexibility index (Phi) is 3.76. The van der Waals surface area contributed by atoms with Crippen molar-refractivity contribution >= 4 is 29.6 Å². The fraction of sp³-hybridized carbons (Fsp3) is 0.800. The minimum Gasteiger partial charge on any atom is -0.277 e.